The third kappa shape index (κ3) is 2.14. The van der Waals surface area contributed by atoms with Gasteiger partial charge in [-0.25, -0.2) is 4.98 Å². The summed E-state index contributed by atoms with van der Waals surface area (Å²) in [6, 6.07) is 3.49. The van der Waals surface area contributed by atoms with Crippen LogP contribution in [0.25, 0.3) is 0 Å². The molecule has 2 rings (SSSR count). The summed E-state index contributed by atoms with van der Waals surface area (Å²) in [5.74, 6) is 0.806. The van der Waals surface area contributed by atoms with Crippen LogP contribution in [0.3, 0.4) is 0 Å². The molecular formula is C11H16N4O. The molecule has 16 heavy (non-hydrogen) atoms. The highest BCUT2D eigenvalue weighted by molar-refractivity contribution is 5.95. The zero-order valence-corrected chi connectivity index (χ0v) is 9.27. The Morgan fingerprint density at radius 3 is 3.00 bits per heavy atom. The summed E-state index contributed by atoms with van der Waals surface area (Å²) in [7, 11) is 0. The minimum absolute atomic E-state index is 0.0367. The summed E-state index contributed by atoms with van der Waals surface area (Å²) in [6.07, 6.45) is 2.37. The Morgan fingerprint density at radius 1 is 1.69 bits per heavy atom. The van der Waals surface area contributed by atoms with Crippen molar-refractivity contribution in [2.45, 2.75) is 18.9 Å². The number of nitrogen functional groups attached to an aromatic ring is 1. The van der Waals surface area contributed by atoms with E-state index < -0.39 is 5.60 Å². The molecule has 1 aromatic heterocycles. The number of nitrogens with two attached hydrogens (primary N) is 1. The number of pyridine rings is 1. The number of aliphatic hydroxyl groups is 1. The Hall–Kier alpha value is -1.62. The number of hydrogen-bond acceptors (Lipinski definition) is 4. The van der Waals surface area contributed by atoms with Crippen LogP contribution in [-0.4, -0.2) is 34.6 Å². The van der Waals surface area contributed by atoms with Gasteiger partial charge >= 0.3 is 0 Å². The quantitative estimate of drug-likeness (QED) is 0.495. The zero-order chi connectivity index (χ0) is 11.8. The van der Waals surface area contributed by atoms with Crippen molar-refractivity contribution in [3.8, 4) is 0 Å². The average molecular weight is 220 g/mol. The SMILES string of the molecule is CC1(O)CCN(c2cc(C(=N)N)ccn2)C1. The minimum atomic E-state index is -0.645. The molecule has 4 N–H and O–H groups in total. The summed E-state index contributed by atoms with van der Waals surface area (Å²) >= 11 is 0. The molecule has 2 heterocycles. The van der Waals surface area contributed by atoms with E-state index in [0.29, 0.717) is 12.1 Å². The number of nitrogens with one attached hydrogen (secondary N) is 1. The van der Waals surface area contributed by atoms with Crippen molar-refractivity contribution >= 4 is 11.7 Å². The van der Waals surface area contributed by atoms with Crippen LogP contribution in [0.2, 0.25) is 0 Å². The summed E-state index contributed by atoms with van der Waals surface area (Å²) in [5, 5.41) is 17.2. The first-order chi connectivity index (χ1) is 7.48. The van der Waals surface area contributed by atoms with Gasteiger partial charge in [-0.15, -0.1) is 0 Å². The summed E-state index contributed by atoms with van der Waals surface area (Å²) in [6.45, 7) is 3.17. The fraction of sp³-hybridized carbons (Fsp3) is 0.455. The first-order valence-corrected chi connectivity index (χ1v) is 5.26. The number of nitrogens with zero attached hydrogens (tertiary/aromatic N) is 2. The first kappa shape index (κ1) is 10.9. The van der Waals surface area contributed by atoms with Gasteiger partial charge in [0.1, 0.15) is 11.7 Å². The van der Waals surface area contributed by atoms with Gasteiger partial charge in [0.05, 0.1) is 5.60 Å². The highest BCUT2D eigenvalue weighted by Gasteiger charge is 2.31. The predicted molar refractivity (Wildman–Crippen MR) is 62.7 cm³/mol. The van der Waals surface area contributed by atoms with Crippen LogP contribution in [0.5, 0.6) is 0 Å². The first-order valence-electron chi connectivity index (χ1n) is 5.26. The number of aromatic nitrogens is 1. The van der Waals surface area contributed by atoms with Gasteiger partial charge in [0.2, 0.25) is 0 Å². The Kier molecular flexibility index (Phi) is 2.55. The molecule has 1 aliphatic heterocycles. The van der Waals surface area contributed by atoms with Gasteiger partial charge in [-0.1, -0.05) is 0 Å². The third-order valence-corrected chi connectivity index (χ3v) is 2.83. The van der Waals surface area contributed by atoms with Crippen molar-refractivity contribution in [1.29, 1.82) is 5.41 Å². The Balaban J connectivity index is 2.22. The summed E-state index contributed by atoms with van der Waals surface area (Å²) in [5.41, 5.74) is 5.44. The molecule has 1 atom stereocenters. The van der Waals surface area contributed by atoms with Crippen LogP contribution in [0.15, 0.2) is 18.3 Å². The van der Waals surface area contributed by atoms with E-state index in [0.717, 1.165) is 18.8 Å². The van der Waals surface area contributed by atoms with Crippen LogP contribution < -0.4 is 10.6 Å². The molecule has 0 spiro atoms. The molecule has 0 radical (unpaired) electrons. The van der Waals surface area contributed by atoms with E-state index in [1.807, 2.05) is 11.8 Å². The fourth-order valence-electron chi connectivity index (χ4n) is 1.90. The average Bonchev–Trinajstić information content (AvgIpc) is 2.59. The van der Waals surface area contributed by atoms with Crippen LogP contribution in [-0.2, 0) is 0 Å². The van der Waals surface area contributed by atoms with Gasteiger partial charge in [0.15, 0.2) is 0 Å². The normalized spacial score (nSPS) is 24.8. The summed E-state index contributed by atoms with van der Waals surface area (Å²) in [4.78, 5) is 6.24. The Labute approximate surface area is 94.4 Å². The third-order valence-electron chi connectivity index (χ3n) is 2.83. The van der Waals surface area contributed by atoms with E-state index in [-0.39, 0.29) is 5.84 Å². The van der Waals surface area contributed by atoms with Crippen LogP contribution >= 0.6 is 0 Å². The molecule has 86 valence electrons. The fourth-order valence-corrected chi connectivity index (χ4v) is 1.90. The highest BCUT2D eigenvalue weighted by atomic mass is 16.3. The number of amidine groups is 1. The van der Waals surface area contributed by atoms with Crippen molar-refractivity contribution in [3.63, 3.8) is 0 Å². The number of rotatable bonds is 2. The lowest BCUT2D eigenvalue weighted by atomic mass is 10.1. The zero-order valence-electron chi connectivity index (χ0n) is 9.27. The standard InChI is InChI=1S/C11H16N4O/c1-11(16)3-5-15(7-11)9-6-8(10(12)13)2-4-14-9/h2,4,6,16H,3,5,7H2,1H3,(H3,12,13). The molecule has 1 saturated heterocycles. The molecule has 0 aliphatic carbocycles. The van der Waals surface area contributed by atoms with E-state index in [4.69, 9.17) is 11.1 Å². The molecule has 0 aromatic carbocycles. The van der Waals surface area contributed by atoms with E-state index in [9.17, 15) is 5.11 Å². The molecule has 0 amide bonds. The lowest BCUT2D eigenvalue weighted by Gasteiger charge is -2.20. The van der Waals surface area contributed by atoms with Crippen molar-refractivity contribution < 1.29 is 5.11 Å². The Bertz CT molecular complexity index is 416. The van der Waals surface area contributed by atoms with Crippen molar-refractivity contribution in [1.82, 2.24) is 4.98 Å². The van der Waals surface area contributed by atoms with E-state index in [1.54, 1.807) is 18.3 Å². The Morgan fingerprint density at radius 2 is 2.44 bits per heavy atom. The molecule has 1 unspecified atom stereocenters. The lowest BCUT2D eigenvalue weighted by Crippen LogP contribution is -2.30. The molecule has 1 aromatic rings. The van der Waals surface area contributed by atoms with Crippen molar-refractivity contribution in [2.75, 3.05) is 18.0 Å². The van der Waals surface area contributed by atoms with E-state index in [1.165, 1.54) is 0 Å². The molecule has 5 nitrogen and oxygen atoms in total. The van der Waals surface area contributed by atoms with Gasteiger partial charge < -0.3 is 15.7 Å². The van der Waals surface area contributed by atoms with Crippen LogP contribution in [0, 0.1) is 5.41 Å². The minimum Gasteiger partial charge on any atom is -0.388 e. The maximum Gasteiger partial charge on any atom is 0.129 e. The number of hydrogen-bond donors (Lipinski definition) is 3. The van der Waals surface area contributed by atoms with E-state index in [2.05, 4.69) is 4.98 Å². The molecule has 5 heteroatoms. The highest BCUT2D eigenvalue weighted by Crippen LogP contribution is 2.25. The molecular weight excluding hydrogens is 204 g/mol. The topological polar surface area (TPSA) is 86.2 Å². The molecule has 1 fully saturated rings. The van der Waals surface area contributed by atoms with E-state index >= 15 is 0 Å². The smallest absolute Gasteiger partial charge is 0.129 e. The van der Waals surface area contributed by atoms with Crippen molar-refractivity contribution in [3.05, 3.63) is 23.9 Å². The van der Waals surface area contributed by atoms with Gasteiger partial charge in [0, 0.05) is 24.8 Å². The largest absolute Gasteiger partial charge is 0.388 e. The van der Waals surface area contributed by atoms with Crippen LogP contribution in [0.4, 0.5) is 5.82 Å². The number of β-amino-alcohol motifs (C(OH)–C–C–N with tert-alkyl or cyclic N) is 1. The second-order valence-electron chi connectivity index (χ2n) is 4.48. The number of anilines is 1. The van der Waals surface area contributed by atoms with Gasteiger partial charge in [0.25, 0.3) is 0 Å². The van der Waals surface area contributed by atoms with Gasteiger partial charge in [-0.05, 0) is 25.5 Å². The monoisotopic (exact) mass is 220 g/mol. The van der Waals surface area contributed by atoms with Crippen LogP contribution in [0.1, 0.15) is 18.9 Å². The van der Waals surface area contributed by atoms with Crippen molar-refractivity contribution in [2.24, 2.45) is 5.73 Å². The molecule has 0 bridgehead atoms. The van der Waals surface area contributed by atoms with Gasteiger partial charge in [-0.3, -0.25) is 5.41 Å². The maximum atomic E-state index is 9.87. The predicted octanol–water partition coefficient (Wildman–Crippen LogP) is 0.327. The molecule has 1 aliphatic rings. The lowest BCUT2D eigenvalue weighted by molar-refractivity contribution is 0.0839. The maximum absolute atomic E-state index is 9.87. The summed E-state index contributed by atoms with van der Waals surface area (Å²) < 4.78 is 0. The van der Waals surface area contributed by atoms with Gasteiger partial charge in [-0.2, -0.15) is 0 Å². The molecule has 0 saturated carbocycles. The second-order valence-corrected chi connectivity index (χ2v) is 4.48. The second kappa shape index (κ2) is 3.75.